The molecule has 2 aromatic carbocycles. The smallest absolute Gasteiger partial charge is 0.336 e. The second kappa shape index (κ2) is 3.73. The molecule has 0 bridgehead atoms. The zero-order valence-corrected chi connectivity index (χ0v) is 8.53. The summed E-state index contributed by atoms with van der Waals surface area (Å²) in [6.07, 6.45) is 0.852. The summed E-state index contributed by atoms with van der Waals surface area (Å²) in [5.74, 6) is -0.860. The van der Waals surface area contributed by atoms with Crippen LogP contribution in [0.5, 0.6) is 0 Å². The molecule has 0 amide bonds. The molecule has 0 spiro atoms. The molecule has 15 heavy (non-hydrogen) atoms. The number of rotatable bonds is 2. The summed E-state index contributed by atoms with van der Waals surface area (Å²) in [6, 6.07) is 11.4. The fourth-order valence-corrected chi connectivity index (χ4v) is 1.75. The van der Waals surface area contributed by atoms with Crippen molar-refractivity contribution in [1.29, 1.82) is 0 Å². The first-order valence-corrected chi connectivity index (χ1v) is 4.97. The Bertz CT molecular complexity index is 515. The molecular weight excluding hydrogens is 188 g/mol. The number of fused-ring (bicyclic) bond motifs is 1. The van der Waals surface area contributed by atoms with Crippen molar-refractivity contribution in [2.24, 2.45) is 0 Å². The number of carboxylic acids is 1. The van der Waals surface area contributed by atoms with Crippen LogP contribution < -0.4 is 0 Å². The van der Waals surface area contributed by atoms with Crippen molar-refractivity contribution in [3.8, 4) is 0 Å². The summed E-state index contributed by atoms with van der Waals surface area (Å²) < 4.78 is 0. The van der Waals surface area contributed by atoms with Crippen LogP contribution >= 0.6 is 0 Å². The Morgan fingerprint density at radius 2 is 2.00 bits per heavy atom. The van der Waals surface area contributed by atoms with E-state index in [9.17, 15) is 4.79 Å². The van der Waals surface area contributed by atoms with Gasteiger partial charge < -0.3 is 5.11 Å². The van der Waals surface area contributed by atoms with E-state index in [4.69, 9.17) is 5.11 Å². The quantitative estimate of drug-likeness (QED) is 0.808. The third-order valence-corrected chi connectivity index (χ3v) is 2.56. The van der Waals surface area contributed by atoms with E-state index in [0.29, 0.717) is 5.56 Å². The van der Waals surface area contributed by atoms with Crippen molar-refractivity contribution in [1.82, 2.24) is 0 Å². The fourth-order valence-electron chi connectivity index (χ4n) is 1.75. The number of hydrogen-bond acceptors (Lipinski definition) is 1. The topological polar surface area (TPSA) is 37.3 Å². The highest BCUT2D eigenvalue weighted by Gasteiger charge is 2.08. The zero-order valence-electron chi connectivity index (χ0n) is 8.53. The van der Waals surface area contributed by atoms with Crippen molar-refractivity contribution in [3.05, 3.63) is 47.5 Å². The standard InChI is InChI=1S/C13H12O2/c1-2-9-7-10-5-3-4-6-11(10)12(8-9)13(14)15/h3-8H,2H2,1H3,(H,14,15). The SMILES string of the molecule is CCc1cc(C(=O)O)c2ccccc2c1. The Kier molecular flexibility index (Phi) is 2.42. The van der Waals surface area contributed by atoms with Gasteiger partial charge in [0.15, 0.2) is 0 Å². The number of aryl methyl sites for hydroxylation is 1. The third kappa shape index (κ3) is 1.71. The van der Waals surface area contributed by atoms with E-state index in [1.54, 1.807) is 6.07 Å². The number of aromatic carboxylic acids is 1. The van der Waals surface area contributed by atoms with E-state index in [2.05, 4.69) is 0 Å². The van der Waals surface area contributed by atoms with Crippen LogP contribution in [0.3, 0.4) is 0 Å². The van der Waals surface area contributed by atoms with Gasteiger partial charge >= 0.3 is 5.97 Å². The molecule has 0 aromatic heterocycles. The van der Waals surface area contributed by atoms with E-state index in [1.807, 2.05) is 37.3 Å². The molecule has 0 aliphatic rings. The molecule has 2 nitrogen and oxygen atoms in total. The lowest BCUT2D eigenvalue weighted by Crippen LogP contribution is -1.99. The molecule has 2 heteroatoms. The Morgan fingerprint density at radius 3 is 2.67 bits per heavy atom. The largest absolute Gasteiger partial charge is 0.478 e. The van der Waals surface area contributed by atoms with Gasteiger partial charge in [-0.05, 0) is 28.8 Å². The zero-order chi connectivity index (χ0) is 10.8. The van der Waals surface area contributed by atoms with Crippen LogP contribution in [-0.2, 0) is 6.42 Å². The first-order chi connectivity index (χ1) is 7.22. The van der Waals surface area contributed by atoms with E-state index in [-0.39, 0.29) is 0 Å². The first kappa shape index (κ1) is 9.71. The maximum Gasteiger partial charge on any atom is 0.336 e. The van der Waals surface area contributed by atoms with Gasteiger partial charge in [-0.3, -0.25) is 0 Å². The summed E-state index contributed by atoms with van der Waals surface area (Å²) in [5, 5.41) is 10.9. The average molecular weight is 200 g/mol. The molecule has 0 aliphatic carbocycles. The van der Waals surface area contributed by atoms with E-state index >= 15 is 0 Å². The van der Waals surface area contributed by atoms with Gasteiger partial charge in [-0.2, -0.15) is 0 Å². The lowest BCUT2D eigenvalue weighted by molar-refractivity contribution is 0.0699. The molecule has 0 atom stereocenters. The van der Waals surface area contributed by atoms with Gasteiger partial charge in [0.05, 0.1) is 5.56 Å². The predicted molar refractivity (Wildman–Crippen MR) is 60.3 cm³/mol. The van der Waals surface area contributed by atoms with Gasteiger partial charge in [-0.25, -0.2) is 4.79 Å². The van der Waals surface area contributed by atoms with Crippen LogP contribution in [0, 0.1) is 0 Å². The minimum absolute atomic E-state index is 0.393. The second-order valence-corrected chi connectivity index (χ2v) is 3.52. The molecule has 0 unspecified atom stereocenters. The minimum Gasteiger partial charge on any atom is -0.478 e. The monoisotopic (exact) mass is 200 g/mol. The number of carbonyl (C=O) groups is 1. The van der Waals surface area contributed by atoms with Crippen molar-refractivity contribution in [2.75, 3.05) is 0 Å². The fraction of sp³-hybridized carbons (Fsp3) is 0.154. The van der Waals surface area contributed by atoms with Crippen LogP contribution in [-0.4, -0.2) is 11.1 Å². The average Bonchev–Trinajstić information content (AvgIpc) is 2.27. The lowest BCUT2D eigenvalue weighted by atomic mass is 10.00. The van der Waals surface area contributed by atoms with E-state index < -0.39 is 5.97 Å². The molecule has 0 radical (unpaired) electrons. The first-order valence-electron chi connectivity index (χ1n) is 4.97. The van der Waals surface area contributed by atoms with Gasteiger partial charge in [0, 0.05) is 0 Å². The van der Waals surface area contributed by atoms with Gasteiger partial charge in [0.1, 0.15) is 0 Å². The third-order valence-electron chi connectivity index (χ3n) is 2.56. The molecule has 0 saturated heterocycles. The molecule has 0 fully saturated rings. The highest BCUT2D eigenvalue weighted by atomic mass is 16.4. The minimum atomic E-state index is -0.860. The van der Waals surface area contributed by atoms with Crippen LogP contribution in [0.25, 0.3) is 10.8 Å². The molecule has 0 saturated carbocycles. The number of carboxylic acid groups (broad SMARTS) is 1. The number of benzene rings is 2. The molecule has 2 aromatic rings. The normalized spacial score (nSPS) is 10.5. The van der Waals surface area contributed by atoms with Gasteiger partial charge in [-0.15, -0.1) is 0 Å². The summed E-state index contributed by atoms with van der Waals surface area (Å²) in [7, 11) is 0. The highest BCUT2D eigenvalue weighted by molar-refractivity contribution is 6.04. The van der Waals surface area contributed by atoms with Crippen molar-refractivity contribution >= 4 is 16.7 Å². The maximum absolute atomic E-state index is 11.1. The summed E-state index contributed by atoms with van der Waals surface area (Å²) >= 11 is 0. The Labute approximate surface area is 88.2 Å². The van der Waals surface area contributed by atoms with Crippen LogP contribution in [0.4, 0.5) is 0 Å². The Balaban J connectivity index is 2.80. The Morgan fingerprint density at radius 1 is 1.27 bits per heavy atom. The van der Waals surface area contributed by atoms with Crippen LogP contribution in [0.1, 0.15) is 22.8 Å². The Hall–Kier alpha value is -1.83. The van der Waals surface area contributed by atoms with Gasteiger partial charge in [-0.1, -0.05) is 37.3 Å². The van der Waals surface area contributed by atoms with E-state index in [0.717, 1.165) is 22.8 Å². The van der Waals surface area contributed by atoms with Crippen LogP contribution in [0.15, 0.2) is 36.4 Å². The van der Waals surface area contributed by atoms with Crippen molar-refractivity contribution < 1.29 is 9.90 Å². The molecule has 0 aliphatic heterocycles. The predicted octanol–water partition coefficient (Wildman–Crippen LogP) is 3.10. The molecule has 76 valence electrons. The summed E-state index contributed by atoms with van der Waals surface area (Å²) in [5.41, 5.74) is 1.45. The molecule has 1 N–H and O–H groups in total. The molecule has 2 rings (SSSR count). The van der Waals surface area contributed by atoms with Crippen molar-refractivity contribution in [2.45, 2.75) is 13.3 Å². The van der Waals surface area contributed by atoms with Crippen LogP contribution in [0.2, 0.25) is 0 Å². The summed E-state index contributed by atoms with van der Waals surface area (Å²) in [4.78, 5) is 11.1. The summed E-state index contributed by atoms with van der Waals surface area (Å²) in [6.45, 7) is 2.02. The van der Waals surface area contributed by atoms with E-state index in [1.165, 1.54) is 0 Å². The second-order valence-electron chi connectivity index (χ2n) is 3.52. The molecular formula is C13H12O2. The lowest BCUT2D eigenvalue weighted by Gasteiger charge is -2.05. The maximum atomic E-state index is 11.1. The van der Waals surface area contributed by atoms with Gasteiger partial charge in [0.2, 0.25) is 0 Å². The number of hydrogen-bond donors (Lipinski definition) is 1. The molecule has 0 heterocycles. The van der Waals surface area contributed by atoms with Gasteiger partial charge in [0.25, 0.3) is 0 Å². The van der Waals surface area contributed by atoms with Crippen molar-refractivity contribution in [3.63, 3.8) is 0 Å². The highest BCUT2D eigenvalue weighted by Crippen LogP contribution is 2.21.